The zero-order valence-corrected chi connectivity index (χ0v) is 11.2. The summed E-state index contributed by atoms with van der Waals surface area (Å²) in [5.41, 5.74) is 0. The van der Waals surface area contributed by atoms with Crippen LogP contribution in [0.2, 0.25) is 0 Å². The second-order valence-corrected chi connectivity index (χ2v) is 4.39. The van der Waals surface area contributed by atoms with Gasteiger partial charge in [-0.2, -0.15) is 0 Å². The third-order valence-electron chi connectivity index (χ3n) is 2.21. The minimum atomic E-state index is -0.225. The third kappa shape index (κ3) is 6.80. The van der Waals surface area contributed by atoms with E-state index >= 15 is 0 Å². The predicted molar refractivity (Wildman–Crippen MR) is 66.5 cm³/mol. The summed E-state index contributed by atoms with van der Waals surface area (Å²) < 4.78 is 5.06. The standard InChI is InChI=1S/C12H26N2O2/c1-6-8-14(5)9-11(13-10(3)4)12(15)16-7-2/h10-11,13H,6-9H2,1-5H3. The molecule has 0 heterocycles. The van der Waals surface area contributed by atoms with Crippen LogP contribution in [0.1, 0.15) is 34.1 Å². The molecule has 16 heavy (non-hydrogen) atoms. The van der Waals surface area contributed by atoms with E-state index in [1.54, 1.807) is 0 Å². The molecule has 0 aromatic carbocycles. The molecule has 0 saturated carbocycles. The molecule has 96 valence electrons. The second-order valence-electron chi connectivity index (χ2n) is 4.39. The maximum absolute atomic E-state index is 11.7. The van der Waals surface area contributed by atoms with Gasteiger partial charge in [0.25, 0.3) is 0 Å². The van der Waals surface area contributed by atoms with E-state index in [9.17, 15) is 4.79 Å². The molecule has 4 heteroatoms. The molecule has 0 amide bonds. The molecule has 0 aromatic heterocycles. The molecule has 0 rings (SSSR count). The SMILES string of the molecule is CCCN(C)CC(NC(C)C)C(=O)OCC. The summed E-state index contributed by atoms with van der Waals surface area (Å²) in [5, 5.41) is 3.24. The van der Waals surface area contributed by atoms with Crippen molar-refractivity contribution in [2.24, 2.45) is 0 Å². The molecule has 4 nitrogen and oxygen atoms in total. The molecule has 0 aliphatic rings. The molecular weight excluding hydrogens is 204 g/mol. The van der Waals surface area contributed by atoms with Crippen LogP contribution in [0.5, 0.6) is 0 Å². The van der Waals surface area contributed by atoms with E-state index in [1.807, 2.05) is 27.8 Å². The van der Waals surface area contributed by atoms with Crippen molar-refractivity contribution in [3.63, 3.8) is 0 Å². The Morgan fingerprint density at radius 2 is 2.00 bits per heavy atom. The van der Waals surface area contributed by atoms with E-state index in [0.717, 1.165) is 13.0 Å². The Balaban J connectivity index is 4.24. The van der Waals surface area contributed by atoms with E-state index in [4.69, 9.17) is 4.74 Å². The van der Waals surface area contributed by atoms with Crippen LogP contribution in [0.25, 0.3) is 0 Å². The number of ether oxygens (including phenoxy) is 1. The van der Waals surface area contributed by atoms with Crippen LogP contribution in [0, 0.1) is 0 Å². The Morgan fingerprint density at radius 1 is 1.38 bits per heavy atom. The first kappa shape index (κ1) is 15.4. The summed E-state index contributed by atoms with van der Waals surface area (Å²) in [5.74, 6) is -0.154. The largest absolute Gasteiger partial charge is 0.465 e. The van der Waals surface area contributed by atoms with Crippen molar-refractivity contribution in [2.75, 3.05) is 26.7 Å². The number of hydrogen-bond donors (Lipinski definition) is 1. The number of carbonyl (C=O) groups is 1. The van der Waals surface area contributed by atoms with Crippen LogP contribution >= 0.6 is 0 Å². The first-order valence-corrected chi connectivity index (χ1v) is 6.12. The summed E-state index contributed by atoms with van der Waals surface area (Å²) in [6.07, 6.45) is 1.09. The molecule has 0 aromatic rings. The number of rotatable bonds is 8. The average Bonchev–Trinajstić information content (AvgIpc) is 2.16. The zero-order chi connectivity index (χ0) is 12.6. The van der Waals surface area contributed by atoms with Crippen molar-refractivity contribution in [1.29, 1.82) is 0 Å². The van der Waals surface area contributed by atoms with E-state index in [2.05, 4.69) is 17.1 Å². The van der Waals surface area contributed by atoms with Gasteiger partial charge in [0.1, 0.15) is 6.04 Å². The summed E-state index contributed by atoms with van der Waals surface area (Å²) >= 11 is 0. The molecule has 1 unspecified atom stereocenters. The second kappa shape index (κ2) is 8.53. The topological polar surface area (TPSA) is 41.6 Å². The van der Waals surface area contributed by atoms with E-state index in [1.165, 1.54) is 0 Å². The van der Waals surface area contributed by atoms with Crippen LogP contribution in [0.3, 0.4) is 0 Å². The van der Waals surface area contributed by atoms with Crippen LogP contribution in [0.15, 0.2) is 0 Å². The summed E-state index contributed by atoms with van der Waals surface area (Å²) in [6, 6.07) is 0.0564. The lowest BCUT2D eigenvalue weighted by Crippen LogP contribution is -2.48. The minimum Gasteiger partial charge on any atom is -0.465 e. The van der Waals surface area contributed by atoms with E-state index in [-0.39, 0.29) is 18.1 Å². The van der Waals surface area contributed by atoms with Crippen LogP contribution in [0.4, 0.5) is 0 Å². The lowest BCUT2D eigenvalue weighted by atomic mass is 10.2. The number of likely N-dealkylation sites (N-methyl/N-ethyl adjacent to an activating group) is 1. The molecule has 0 fully saturated rings. The minimum absolute atomic E-state index is 0.154. The molecule has 0 radical (unpaired) electrons. The van der Waals surface area contributed by atoms with Gasteiger partial charge in [-0.05, 0) is 26.9 Å². The summed E-state index contributed by atoms with van der Waals surface area (Å²) in [6.45, 7) is 10.2. The van der Waals surface area contributed by atoms with Crippen molar-refractivity contribution in [2.45, 2.75) is 46.2 Å². The van der Waals surface area contributed by atoms with Gasteiger partial charge in [-0.15, -0.1) is 0 Å². The Morgan fingerprint density at radius 3 is 2.44 bits per heavy atom. The Labute approximate surface area is 99.3 Å². The third-order valence-corrected chi connectivity index (χ3v) is 2.21. The van der Waals surface area contributed by atoms with Crippen LogP contribution in [-0.4, -0.2) is 49.7 Å². The first-order chi connectivity index (χ1) is 7.51. The Bertz CT molecular complexity index is 195. The van der Waals surface area contributed by atoms with Crippen molar-refractivity contribution in [3.05, 3.63) is 0 Å². The fourth-order valence-electron chi connectivity index (χ4n) is 1.63. The van der Waals surface area contributed by atoms with Gasteiger partial charge in [0.2, 0.25) is 0 Å². The normalized spacial score (nSPS) is 13.2. The monoisotopic (exact) mass is 230 g/mol. The zero-order valence-electron chi connectivity index (χ0n) is 11.2. The van der Waals surface area contributed by atoms with Gasteiger partial charge in [-0.25, -0.2) is 0 Å². The molecular formula is C12H26N2O2. The lowest BCUT2D eigenvalue weighted by Gasteiger charge is -2.24. The maximum Gasteiger partial charge on any atom is 0.324 e. The van der Waals surface area contributed by atoms with Gasteiger partial charge in [-0.3, -0.25) is 4.79 Å². The number of esters is 1. The van der Waals surface area contributed by atoms with Gasteiger partial charge in [0.05, 0.1) is 6.61 Å². The highest BCUT2D eigenvalue weighted by Crippen LogP contribution is 1.97. The summed E-state index contributed by atoms with van der Waals surface area (Å²) in [4.78, 5) is 13.9. The number of nitrogens with zero attached hydrogens (tertiary/aromatic N) is 1. The quantitative estimate of drug-likeness (QED) is 0.637. The molecule has 0 aliphatic carbocycles. The fourth-order valence-corrected chi connectivity index (χ4v) is 1.63. The number of nitrogens with one attached hydrogen (secondary N) is 1. The van der Waals surface area contributed by atoms with Crippen LogP contribution < -0.4 is 5.32 Å². The average molecular weight is 230 g/mol. The lowest BCUT2D eigenvalue weighted by molar-refractivity contribution is -0.146. The van der Waals surface area contributed by atoms with Gasteiger partial charge < -0.3 is 15.0 Å². The smallest absolute Gasteiger partial charge is 0.324 e. The van der Waals surface area contributed by atoms with Crippen molar-refractivity contribution >= 4 is 5.97 Å². The van der Waals surface area contributed by atoms with Crippen molar-refractivity contribution in [3.8, 4) is 0 Å². The maximum atomic E-state index is 11.7. The highest BCUT2D eigenvalue weighted by Gasteiger charge is 2.21. The van der Waals surface area contributed by atoms with E-state index in [0.29, 0.717) is 13.2 Å². The molecule has 0 aliphatic heterocycles. The number of carbonyl (C=O) groups excluding carboxylic acids is 1. The fraction of sp³-hybridized carbons (Fsp3) is 0.917. The van der Waals surface area contributed by atoms with Gasteiger partial charge in [0.15, 0.2) is 0 Å². The predicted octanol–water partition coefficient (Wildman–Crippen LogP) is 1.26. The molecule has 0 saturated heterocycles. The molecule has 1 N–H and O–H groups in total. The van der Waals surface area contributed by atoms with E-state index < -0.39 is 0 Å². The van der Waals surface area contributed by atoms with Gasteiger partial charge in [-0.1, -0.05) is 20.8 Å². The Kier molecular flexibility index (Phi) is 8.21. The highest BCUT2D eigenvalue weighted by atomic mass is 16.5. The van der Waals surface area contributed by atoms with Crippen LogP contribution in [-0.2, 0) is 9.53 Å². The van der Waals surface area contributed by atoms with Crippen molar-refractivity contribution in [1.82, 2.24) is 10.2 Å². The van der Waals surface area contributed by atoms with Gasteiger partial charge in [0, 0.05) is 12.6 Å². The Hall–Kier alpha value is -0.610. The molecule has 0 bridgehead atoms. The summed E-state index contributed by atoms with van der Waals surface area (Å²) in [7, 11) is 2.03. The van der Waals surface area contributed by atoms with Crippen molar-refractivity contribution < 1.29 is 9.53 Å². The first-order valence-electron chi connectivity index (χ1n) is 6.12. The highest BCUT2D eigenvalue weighted by molar-refractivity contribution is 5.76. The van der Waals surface area contributed by atoms with Gasteiger partial charge >= 0.3 is 5.97 Å². The number of hydrogen-bond acceptors (Lipinski definition) is 4. The molecule has 1 atom stereocenters. The molecule has 0 spiro atoms.